The monoisotopic (exact) mass is 333 g/mol. The molecule has 0 heterocycles. The van der Waals surface area contributed by atoms with Crippen LogP contribution in [-0.2, 0) is 4.79 Å². The number of nitrogens with one attached hydrogen (secondary N) is 2. The molecule has 0 aliphatic heterocycles. The first-order valence-corrected chi connectivity index (χ1v) is 7.30. The van der Waals surface area contributed by atoms with Gasteiger partial charge < -0.3 is 15.5 Å². The van der Waals surface area contributed by atoms with Gasteiger partial charge in [-0.25, -0.2) is 13.6 Å². The van der Waals surface area contributed by atoms with E-state index in [9.17, 15) is 18.4 Å². The Balaban J connectivity index is 1.91. The van der Waals surface area contributed by atoms with Crippen molar-refractivity contribution in [1.82, 2.24) is 5.32 Å². The number of hydrogen-bond acceptors (Lipinski definition) is 2. The standard InChI is InChI=1S/C17H17F2N3O2/c1-12(23)22(14-7-8-15(18)16(19)11-14)10-9-20-17(24)21-13-5-3-2-4-6-13/h2-8,11H,9-10H2,1H3,(H2,20,21,24). The summed E-state index contributed by atoms with van der Waals surface area (Å²) in [7, 11) is 0. The fourth-order valence-corrected chi connectivity index (χ4v) is 2.10. The molecule has 0 fully saturated rings. The van der Waals surface area contributed by atoms with Crippen molar-refractivity contribution in [3.05, 3.63) is 60.2 Å². The van der Waals surface area contributed by atoms with Crippen molar-refractivity contribution in [1.29, 1.82) is 0 Å². The second kappa shape index (κ2) is 8.05. The maximum Gasteiger partial charge on any atom is 0.319 e. The fraction of sp³-hybridized carbons (Fsp3) is 0.176. The summed E-state index contributed by atoms with van der Waals surface area (Å²) in [4.78, 5) is 24.7. The highest BCUT2D eigenvalue weighted by molar-refractivity contribution is 5.92. The summed E-state index contributed by atoms with van der Waals surface area (Å²) in [6.45, 7) is 1.59. The summed E-state index contributed by atoms with van der Waals surface area (Å²) < 4.78 is 26.3. The van der Waals surface area contributed by atoms with E-state index in [-0.39, 0.29) is 24.7 Å². The zero-order valence-electron chi connectivity index (χ0n) is 13.1. The second-order valence-corrected chi connectivity index (χ2v) is 5.02. The predicted octanol–water partition coefficient (Wildman–Crippen LogP) is 3.14. The Morgan fingerprint density at radius 1 is 1.04 bits per heavy atom. The number of nitrogens with zero attached hydrogens (tertiary/aromatic N) is 1. The Morgan fingerprint density at radius 2 is 1.75 bits per heavy atom. The number of rotatable bonds is 5. The van der Waals surface area contributed by atoms with Gasteiger partial charge in [-0.2, -0.15) is 0 Å². The van der Waals surface area contributed by atoms with Crippen LogP contribution in [0.4, 0.5) is 25.0 Å². The Bertz CT molecular complexity index is 723. The molecule has 3 amide bonds. The summed E-state index contributed by atoms with van der Waals surface area (Å²) in [6, 6.07) is 11.7. The van der Waals surface area contributed by atoms with Gasteiger partial charge in [0, 0.05) is 37.5 Å². The van der Waals surface area contributed by atoms with E-state index in [1.165, 1.54) is 17.9 Å². The highest BCUT2D eigenvalue weighted by Crippen LogP contribution is 2.17. The van der Waals surface area contributed by atoms with E-state index in [0.29, 0.717) is 5.69 Å². The molecule has 0 spiro atoms. The third-order valence-corrected chi connectivity index (χ3v) is 3.25. The van der Waals surface area contributed by atoms with Crippen molar-refractivity contribution in [3.63, 3.8) is 0 Å². The number of para-hydroxylation sites is 1. The number of halogens is 2. The topological polar surface area (TPSA) is 61.4 Å². The molecule has 126 valence electrons. The predicted molar refractivity (Wildman–Crippen MR) is 87.8 cm³/mol. The number of hydrogen-bond donors (Lipinski definition) is 2. The molecule has 2 rings (SSSR count). The van der Waals surface area contributed by atoms with Crippen LogP contribution in [0.25, 0.3) is 0 Å². The maximum absolute atomic E-state index is 13.3. The number of carbonyl (C=O) groups is 2. The minimum absolute atomic E-state index is 0.128. The molecule has 2 N–H and O–H groups in total. The van der Waals surface area contributed by atoms with Gasteiger partial charge in [-0.3, -0.25) is 4.79 Å². The number of benzene rings is 2. The van der Waals surface area contributed by atoms with Crippen LogP contribution in [0.1, 0.15) is 6.92 Å². The van der Waals surface area contributed by atoms with Gasteiger partial charge in [0.25, 0.3) is 0 Å². The lowest BCUT2D eigenvalue weighted by molar-refractivity contribution is -0.116. The fourth-order valence-electron chi connectivity index (χ4n) is 2.10. The molecule has 5 nitrogen and oxygen atoms in total. The summed E-state index contributed by atoms with van der Waals surface area (Å²) in [5.41, 5.74) is 0.866. The van der Waals surface area contributed by atoms with E-state index < -0.39 is 17.7 Å². The molecule has 0 atom stereocenters. The first kappa shape index (κ1) is 17.4. The van der Waals surface area contributed by atoms with Gasteiger partial charge in [-0.15, -0.1) is 0 Å². The molecule has 7 heteroatoms. The largest absolute Gasteiger partial charge is 0.336 e. The average Bonchev–Trinajstić information content (AvgIpc) is 2.55. The van der Waals surface area contributed by atoms with Crippen LogP contribution in [0.2, 0.25) is 0 Å². The Kier molecular flexibility index (Phi) is 5.83. The molecule has 0 saturated carbocycles. The smallest absolute Gasteiger partial charge is 0.319 e. The van der Waals surface area contributed by atoms with E-state index in [1.807, 2.05) is 6.07 Å². The molecule has 2 aromatic carbocycles. The van der Waals surface area contributed by atoms with E-state index in [2.05, 4.69) is 10.6 Å². The van der Waals surface area contributed by atoms with Crippen LogP contribution in [0.5, 0.6) is 0 Å². The molecule has 0 saturated heterocycles. The van der Waals surface area contributed by atoms with E-state index >= 15 is 0 Å². The normalized spacial score (nSPS) is 10.1. The highest BCUT2D eigenvalue weighted by Gasteiger charge is 2.14. The number of urea groups is 1. The van der Waals surface area contributed by atoms with Crippen molar-refractivity contribution >= 4 is 23.3 Å². The molecule has 0 radical (unpaired) electrons. The number of carbonyl (C=O) groups excluding carboxylic acids is 2. The molecule has 0 bridgehead atoms. The van der Waals surface area contributed by atoms with E-state index in [4.69, 9.17) is 0 Å². The zero-order chi connectivity index (χ0) is 17.5. The van der Waals surface area contributed by atoms with Crippen LogP contribution in [-0.4, -0.2) is 25.0 Å². The van der Waals surface area contributed by atoms with Gasteiger partial charge >= 0.3 is 6.03 Å². The first-order valence-electron chi connectivity index (χ1n) is 7.30. The highest BCUT2D eigenvalue weighted by atomic mass is 19.2. The average molecular weight is 333 g/mol. The van der Waals surface area contributed by atoms with Crippen molar-refractivity contribution in [3.8, 4) is 0 Å². The van der Waals surface area contributed by atoms with Crippen molar-refractivity contribution < 1.29 is 18.4 Å². The zero-order valence-corrected chi connectivity index (χ0v) is 13.1. The van der Waals surface area contributed by atoms with Crippen LogP contribution in [0.15, 0.2) is 48.5 Å². The molecule has 24 heavy (non-hydrogen) atoms. The van der Waals surface area contributed by atoms with Crippen LogP contribution in [0.3, 0.4) is 0 Å². The summed E-state index contributed by atoms with van der Waals surface area (Å²) in [6.07, 6.45) is 0. The first-order chi connectivity index (χ1) is 11.5. The molecular weight excluding hydrogens is 316 g/mol. The van der Waals surface area contributed by atoms with E-state index in [1.54, 1.807) is 24.3 Å². The van der Waals surface area contributed by atoms with Gasteiger partial charge in [0.05, 0.1) is 0 Å². The third kappa shape index (κ3) is 4.77. The van der Waals surface area contributed by atoms with E-state index in [0.717, 1.165) is 12.1 Å². The molecule has 0 unspecified atom stereocenters. The van der Waals surface area contributed by atoms with Crippen LogP contribution in [0, 0.1) is 11.6 Å². The Hall–Kier alpha value is -2.96. The lowest BCUT2D eigenvalue weighted by Crippen LogP contribution is -2.39. The molecule has 2 aromatic rings. The number of anilines is 2. The van der Waals surface area contributed by atoms with Gasteiger partial charge in [-0.05, 0) is 24.3 Å². The maximum atomic E-state index is 13.3. The van der Waals surface area contributed by atoms with Crippen LogP contribution < -0.4 is 15.5 Å². The Morgan fingerprint density at radius 3 is 2.38 bits per heavy atom. The third-order valence-electron chi connectivity index (χ3n) is 3.25. The van der Waals surface area contributed by atoms with Gasteiger partial charge in [0.2, 0.25) is 5.91 Å². The minimum Gasteiger partial charge on any atom is -0.336 e. The van der Waals surface area contributed by atoms with Crippen molar-refractivity contribution in [2.24, 2.45) is 0 Å². The van der Waals surface area contributed by atoms with Gasteiger partial charge in [0.15, 0.2) is 11.6 Å². The van der Waals surface area contributed by atoms with Crippen LogP contribution >= 0.6 is 0 Å². The summed E-state index contributed by atoms with van der Waals surface area (Å²) in [5, 5.41) is 5.24. The van der Waals surface area contributed by atoms with Gasteiger partial charge in [0.1, 0.15) is 0 Å². The molecular formula is C17H17F2N3O2. The number of amides is 3. The quantitative estimate of drug-likeness (QED) is 0.883. The lowest BCUT2D eigenvalue weighted by atomic mass is 10.2. The molecule has 0 aliphatic rings. The van der Waals surface area contributed by atoms with Crippen molar-refractivity contribution in [2.75, 3.05) is 23.3 Å². The molecule has 0 aromatic heterocycles. The lowest BCUT2D eigenvalue weighted by Gasteiger charge is -2.21. The molecule has 0 aliphatic carbocycles. The van der Waals surface area contributed by atoms with Crippen molar-refractivity contribution in [2.45, 2.75) is 6.92 Å². The van der Waals surface area contributed by atoms with Gasteiger partial charge in [-0.1, -0.05) is 18.2 Å². The minimum atomic E-state index is -1.03. The Labute approximate surface area is 138 Å². The second-order valence-electron chi connectivity index (χ2n) is 5.02. The SMILES string of the molecule is CC(=O)N(CCNC(=O)Nc1ccccc1)c1ccc(F)c(F)c1. The summed E-state index contributed by atoms with van der Waals surface area (Å²) in [5.74, 6) is -2.36. The summed E-state index contributed by atoms with van der Waals surface area (Å²) >= 11 is 0.